The third-order valence-corrected chi connectivity index (χ3v) is 3.03. The van der Waals surface area contributed by atoms with E-state index in [4.69, 9.17) is 15.9 Å². The highest BCUT2D eigenvalue weighted by molar-refractivity contribution is 7.10. The molecule has 0 spiro atoms. The summed E-state index contributed by atoms with van der Waals surface area (Å²) >= 11 is 1.31. The summed E-state index contributed by atoms with van der Waals surface area (Å²) in [6.45, 7) is 0. The van der Waals surface area contributed by atoms with Crippen molar-refractivity contribution >= 4 is 23.3 Å². The Morgan fingerprint density at radius 1 is 1.47 bits per heavy atom. The predicted octanol–water partition coefficient (Wildman–Crippen LogP) is 0.718. The van der Waals surface area contributed by atoms with Crippen LogP contribution in [0.5, 0.6) is 0 Å². The third kappa shape index (κ3) is 3.03. The Bertz CT molecular complexity index is 349. The Labute approximate surface area is 90.1 Å². The molecule has 0 fully saturated rings. The van der Waals surface area contributed by atoms with E-state index < -0.39 is 23.9 Å². The highest BCUT2D eigenvalue weighted by Crippen LogP contribution is 2.26. The summed E-state index contributed by atoms with van der Waals surface area (Å²) in [7, 11) is 0. The van der Waals surface area contributed by atoms with E-state index in [2.05, 4.69) is 0 Å². The first-order chi connectivity index (χ1) is 7.02. The van der Waals surface area contributed by atoms with E-state index >= 15 is 0 Å². The minimum atomic E-state index is -1.19. The molecule has 1 aromatic heterocycles. The molecule has 0 aromatic carbocycles. The van der Waals surface area contributed by atoms with Crippen LogP contribution in [0.3, 0.4) is 0 Å². The van der Waals surface area contributed by atoms with E-state index in [1.807, 2.05) is 0 Å². The van der Waals surface area contributed by atoms with Crippen molar-refractivity contribution in [3.8, 4) is 0 Å². The summed E-state index contributed by atoms with van der Waals surface area (Å²) in [5.41, 5.74) is 5.44. The average molecular weight is 229 g/mol. The van der Waals surface area contributed by atoms with Crippen molar-refractivity contribution in [2.24, 2.45) is 5.73 Å². The van der Waals surface area contributed by atoms with Crippen LogP contribution in [-0.4, -0.2) is 28.2 Å². The molecular weight excluding hydrogens is 218 g/mol. The van der Waals surface area contributed by atoms with Gasteiger partial charge in [-0.3, -0.25) is 9.59 Å². The SMILES string of the molecule is NC(C(=O)O)C(CC(=O)O)c1cccs1. The fraction of sp³-hybridized carbons (Fsp3) is 0.333. The minimum Gasteiger partial charge on any atom is -0.481 e. The maximum absolute atomic E-state index is 10.7. The van der Waals surface area contributed by atoms with Gasteiger partial charge >= 0.3 is 11.9 Å². The van der Waals surface area contributed by atoms with E-state index in [1.165, 1.54) is 11.3 Å². The van der Waals surface area contributed by atoms with Crippen LogP contribution >= 0.6 is 11.3 Å². The number of carboxylic acid groups (broad SMARTS) is 2. The number of rotatable bonds is 5. The topological polar surface area (TPSA) is 101 Å². The molecule has 0 saturated heterocycles. The molecule has 0 radical (unpaired) electrons. The number of nitrogens with two attached hydrogens (primary N) is 1. The van der Waals surface area contributed by atoms with Gasteiger partial charge in [-0.05, 0) is 11.4 Å². The van der Waals surface area contributed by atoms with Gasteiger partial charge in [-0.1, -0.05) is 6.07 Å². The second-order valence-corrected chi connectivity index (χ2v) is 4.06. The average Bonchev–Trinajstić information content (AvgIpc) is 2.65. The fourth-order valence-electron chi connectivity index (χ4n) is 1.27. The van der Waals surface area contributed by atoms with Gasteiger partial charge in [0.05, 0.1) is 6.42 Å². The van der Waals surface area contributed by atoms with Crippen molar-refractivity contribution < 1.29 is 19.8 Å². The Balaban J connectivity index is 2.88. The molecule has 0 aliphatic rings. The molecule has 2 unspecified atom stereocenters. The number of thiophene rings is 1. The van der Waals surface area contributed by atoms with E-state index in [0.29, 0.717) is 4.88 Å². The van der Waals surface area contributed by atoms with Crippen molar-refractivity contribution in [3.05, 3.63) is 22.4 Å². The Hall–Kier alpha value is -1.40. The fourth-order valence-corrected chi connectivity index (χ4v) is 2.14. The zero-order valence-electron chi connectivity index (χ0n) is 7.79. The molecule has 0 amide bonds. The van der Waals surface area contributed by atoms with Crippen LogP contribution in [0.15, 0.2) is 17.5 Å². The van der Waals surface area contributed by atoms with E-state index in [9.17, 15) is 9.59 Å². The zero-order valence-corrected chi connectivity index (χ0v) is 8.61. The zero-order chi connectivity index (χ0) is 11.4. The highest BCUT2D eigenvalue weighted by atomic mass is 32.1. The van der Waals surface area contributed by atoms with Crippen molar-refractivity contribution in [3.63, 3.8) is 0 Å². The van der Waals surface area contributed by atoms with Gasteiger partial charge in [-0.2, -0.15) is 0 Å². The van der Waals surface area contributed by atoms with Gasteiger partial charge in [0.2, 0.25) is 0 Å². The summed E-state index contributed by atoms with van der Waals surface area (Å²) in [5, 5.41) is 19.2. The molecule has 6 heteroatoms. The van der Waals surface area contributed by atoms with Crippen LogP contribution in [0.1, 0.15) is 17.2 Å². The van der Waals surface area contributed by atoms with Gasteiger partial charge in [-0.25, -0.2) is 0 Å². The van der Waals surface area contributed by atoms with E-state index in [-0.39, 0.29) is 6.42 Å². The quantitative estimate of drug-likeness (QED) is 0.690. The lowest BCUT2D eigenvalue weighted by molar-refractivity contribution is -0.140. The van der Waals surface area contributed by atoms with E-state index in [0.717, 1.165) is 0 Å². The van der Waals surface area contributed by atoms with Gasteiger partial charge in [0.15, 0.2) is 0 Å². The number of hydrogen-bond donors (Lipinski definition) is 3. The summed E-state index contributed by atoms with van der Waals surface area (Å²) in [4.78, 5) is 22.0. The standard InChI is InChI=1S/C9H11NO4S/c10-8(9(13)14)5(4-7(11)12)6-2-1-3-15-6/h1-3,5,8H,4,10H2,(H,11,12)(H,13,14). The summed E-state index contributed by atoms with van der Waals surface area (Å²) in [6, 6.07) is 2.25. The van der Waals surface area contributed by atoms with Crippen molar-refractivity contribution in [1.29, 1.82) is 0 Å². The lowest BCUT2D eigenvalue weighted by Crippen LogP contribution is -2.37. The van der Waals surface area contributed by atoms with Crippen LogP contribution in [0.4, 0.5) is 0 Å². The maximum atomic E-state index is 10.7. The van der Waals surface area contributed by atoms with Crippen LogP contribution in [0.25, 0.3) is 0 Å². The molecule has 0 aliphatic heterocycles. The maximum Gasteiger partial charge on any atom is 0.321 e. The Morgan fingerprint density at radius 3 is 2.53 bits per heavy atom. The van der Waals surface area contributed by atoms with Crippen LogP contribution < -0.4 is 5.73 Å². The molecule has 15 heavy (non-hydrogen) atoms. The molecular formula is C9H11NO4S. The number of carboxylic acids is 2. The van der Waals surface area contributed by atoms with Gasteiger partial charge < -0.3 is 15.9 Å². The number of carbonyl (C=O) groups is 2. The van der Waals surface area contributed by atoms with Gasteiger partial charge in [0, 0.05) is 10.8 Å². The molecule has 1 heterocycles. The monoisotopic (exact) mass is 229 g/mol. The first kappa shape index (κ1) is 11.7. The van der Waals surface area contributed by atoms with Crippen molar-refractivity contribution in [2.45, 2.75) is 18.4 Å². The van der Waals surface area contributed by atoms with Crippen LogP contribution in [0.2, 0.25) is 0 Å². The molecule has 1 aromatic rings. The van der Waals surface area contributed by atoms with Gasteiger partial charge in [0.1, 0.15) is 6.04 Å². The normalized spacial score (nSPS) is 14.5. The molecule has 0 aliphatic carbocycles. The van der Waals surface area contributed by atoms with Gasteiger partial charge in [0.25, 0.3) is 0 Å². The predicted molar refractivity (Wildman–Crippen MR) is 54.9 cm³/mol. The molecule has 1 rings (SSSR count). The molecule has 5 nitrogen and oxygen atoms in total. The van der Waals surface area contributed by atoms with Gasteiger partial charge in [-0.15, -0.1) is 11.3 Å². The molecule has 4 N–H and O–H groups in total. The Kier molecular flexibility index (Phi) is 3.81. The van der Waals surface area contributed by atoms with Crippen molar-refractivity contribution in [1.82, 2.24) is 0 Å². The Morgan fingerprint density at radius 2 is 2.13 bits per heavy atom. The lowest BCUT2D eigenvalue weighted by Gasteiger charge is -2.17. The second-order valence-electron chi connectivity index (χ2n) is 3.08. The number of hydrogen-bond acceptors (Lipinski definition) is 4. The number of aliphatic carboxylic acids is 2. The summed E-state index contributed by atoms with van der Waals surface area (Å²) in [6.07, 6.45) is -0.270. The highest BCUT2D eigenvalue weighted by Gasteiger charge is 2.28. The first-order valence-corrected chi connectivity index (χ1v) is 5.14. The third-order valence-electron chi connectivity index (χ3n) is 2.02. The minimum absolute atomic E-state index is 0.270. The second kappa shape index (κ2) is 4.90. The van der Waals surface area contributed by atoms with Crippen molar-refractivity contribution in [2.75, 3.05) is 0 Å². The molecule has 82 valence electrons. The molecule has 0 saturated carbocycles. The van der Waals surface area contributed by atoms with E-state index in [1.54, 1.807) is 17.5 Å². The largest absolute Gasteiger partial charge is 0.481 e. The molecule has 2 atom stereocenters. The molecule has 0 bridgehead atoms. The smallest absolute Gasteiger partial charge is 0.321 e. The summed E-state index contributed by atoms with van der Waals surface area (Å²) < 4.78 is 0. The van der Waals surface area contributed by atoms with Crippen LogP contribution in [0, 0.1) is 0 Å². The summed E-state index contributed by atoms with van der Waals surface area (Å²) in [5.74, 6) is -2.90. The lowest BCUT2D eigenvalue weighted by atomic mass is 9.95. The van der Waals surface area contributed by atoms with Crippen LogP contribution in [-0.2, 0) is 9.59 Å². The first-order valence-electron chi connectivity index (χ1n) is 4.26.